The first-order chi connectivity index (χ1) is 3.98. The van der Waals surface area contributed by atoms with Crippen LogP contribution in [-0.2, 0) is 0 Å². The highest BCUT2D eigenvalue weighted by molar-refractivity contribution is 5.96. The average Bonchev–Trinajstić information content (AvgIpc) is 1.64. The van der Waals surface area contributed by atoms with Crippen LogP contribution in [0.15, 0.2) is 12.3 Å². The van der Waals surface area contributed by atoms with E-state index in [0.717, 1.165) is 0 Å². The molecule has 0 saturated heterocycles. The summed E-state index contributed by atoms with van der Waals surface area (Å²) in [6.07, 6.45) is 3.01. The zero-order valence-electron chi connectivity index (χ0n) is 6.23. The maximum Gasteiger partial charge on any atom is 0.0381 e. The van der Waals surface area contributed by atoms with E-state index in [1.54, 1.807) is 6.08 Å². The molecule has 9 heavy (non-hydrogen) atoms. The highest BCUT2D eigenvalue weighted by Gasteiger charge is 2.13. The van der Waals surface area contributed by atoms with Crippen LogP contribution >= 0.6 is 0 Å². The Kier molecular flexibility index (Phi) is 2.43. The van der Waals surface area contributed by atoms with Gasteiger partial charge in [0, 0.05) is 11.1 Å². The molecule has 0 rings (SSSR count). The van der Waals surface area contributed by atoms with Crippen LogP contribution < -0.4 is 5.73 Å². The quantitative estimate of drug-likeness (QED) is 0.514. The molecule has 0 aromatic heterocycles. The van der Waals surface area contributed by atoms with Crippen molar-refractivity contribution < 1.29 is 0 Å². The van der Waals surface area contributed by atoms with Gasteiger partial charge in [-0.05, 0) is 12.3 Å². The molecule has 2 nitrogen and oxygen atoms in total. The van der Waals surface area contributed by atoms with Crippen molar-refractivity contribution in [1.29, 1.82) is 5.41 Å². The van der Waals surface area contributed by atoms with Crippen molar-refractivity contribution in [3.05, 3.63) is 12.3 Å². The zero-order chi connectivity index (χ0) is 7.49. The Morgan fingerprint density at radius 3 is 2.00 bits per heavy atom. The fraction of sp³-hybridized carbons (Fsp3) is 0.571. The van der Waals surface area contributed by atoms with Crippen molar-refractivity contribution in [2.75, 3.05) is 0 Å². The molecule has 0 aliphatic heterocycles. The van der Waals surface area contributed by atoms with Crippen LogP contribution in [0.5, 0.6) is 0 Å². The SMILES string of the molecule is CC(C)(C)C(=N)/C=C\N. The Balaban J connectivity index is 4.06. The van der Waals surface area contributed by atoms with Crippen LogP contribution in [0.25, 0.3) is 0 Å². The van der Waals surface area contributed by atoms with E-state index >= 15 is 0 Å². The fourth-order valence-corrected chi connectivity index (χ4v) is 0.346. The summed E-state index contributed by atoms with van der Waals surface area (Å²) in [4.78, 5) is 0. The lowest BCUT2D eigenvalue weighted by Gasteiger charge is -2.15. The molecule has 0 radical (unpaired) electrons. The maximum absolute atomic E-state index is 7.37. The van der Waals surface area contributed by atoms with Crippen LogP contribution in [0, 0.1) is 10.8 Å². The zero-order valence-corrected chi connectivity index (χ0v) is 6.23. The van der Waals surface area contributed by atoms with E-state index in [9.17, 15) is 0 Å². The molecule has 0 aliphatic rings. The first-order valence-corrected chi connectivity index (χ1v) is 2.96. The summed E-state index contributed by atoms with van der Waals surface area (Å²) >= 11 is 0. The van der Waals surface area contributed by atoms with Gasteiger partial charge in [-0.25, -0.2) is 0 Å². The van der Waals surface area contributed by atoms with Gasteiger partial charge in [0.2, 0.25) is 0 Å². The van der Waals surface area contributed by atoms with E-state index < -0.39 is 0 Å². The third kappa shape index (κ3) is 2.90. The lowest BCUT2D eigenvalue weighted by atomic mass is 9.90. The van der Waals surface area contributed by atoms with Crippen LogP contribution in [0.3, 0.4) is 0 Å². The number of allylic oxidation sites excluding steroid dienone is 1. The molecule has 0 spiro atoms. The third-order valence-corrected chi connectivity index (χ3v) is 1.07. The minimum atomic E-state index is -0.0735. The minimum absolute atomic E-state index is 0.0735. The van der Waals surface area contributed by atoms with E-state index in [1.165, 1.54) is 6.20 Å². The fourth-order valence-electron chi connectivity index (χ4n) is 0.346. The van der Waals surface area contributed by atoms with Gasteiger partial charge in [0.1, 0.15) is 0 Å². The van der Waals surface area contributed by atoms with Crippen molar-refractivity contribution >= 4 is 5.71 Å². The number of rotatable bonds is 1. The van der Waals surface area contributed by atoms with Gasteiger partial charge in [-0.15, -0.1) is 0 Å². The summed E-state index contributed by atoms with van der Waals surface area (Å²) in [5, 5.41) is 7.37. The Labute approximate surface area is 56.3 Å². The lowest BCUT2D eigenvalue weighted by molar-refractivity contribution is 0.590. The summed E-state index contributed by atoms with van der Waals surface area (Å²) in [6, 6.07) is 0. The largest absolute Gasteiger partial charge is 0.405 e. The highest BCUT2D eigenvalue weighted by Crippen LogP contribution is 2.14. The molecular formula is C7H14N2. The molecule has 0 aromatic carbocycles. The van der Waals surface area contributed by atoms with Gasteiger partial charge in [-0.3, -0.25) is 0 Å². The van der Waals surface area contributed by atoms with Crippen LogP contribution in [0.4, 0.5) is 0 Å². The topological polar surface area (TPSA) is 49.9 Å². The Morgan fingerprint density at radius 1 is 1.44 bits per heavy atom. The molecule has 52 valence electrons. The standard InChI is InChI=1S/C7H14N2/c1-7(2,3)6(9)4-5-8/h4-5,9H,8H2,1-3H3/b5-4-,9-6?. The monoisotopic (exact) mass is 126 g/mol. The van der Waals surface area contributed by atoms with Gasteiger partial charge >= 0.3 is 0 Å². The van der Waals surface area contributed by atoms with E-state index in [1.807, 2.05) is 20.8 Å². The molecule has 0 unspecified atom stereocenters. The van der Waals surface area contributed by atoms with Crippen molar-refractivity contribution in [2.24, 2.45) is 11.1 Å². The van der Waals surface area contributed by atoms with Crippen LogP contribution in [0.1, 0.15) is 20.8 Å². The number of hydrogen-bond acceptors (Lipinski definition) is 2. The lowest BCUT2D eigenvalue weighted by Crippen LogP contribution is -2.16. The molecular weight excluding hydrogens is 112 g/mol. The summed E-state index contributed by atoms with van der Waals surface area (Å²) in [6.45, 7) is 5.94. The summed E-state index contributed by atoms with van der Waals surface area (Å²) in [7, 11) is 0. The number of nitrogens with two attached hydrogens (primary N) is 1. The van der Waals surface area contributed by atoms with Gasteiger partial charge in [0.05, 0.1) is 0 Å². The summed E-state index contributed by atoms with van der Waals surface area (Å²) in [5.41, 5.74) is 5.59. The molecule has 2 heteroatoms. The Morgan fingerprint density at radius 2 is 1.89 bits per heavy atom. The Bertz CT molecular complexity index is 128. The predicted octanol–water partition coefficient (Wildman–Crippen LogP) is 1.52. The first-order valence-electron chi connectivity index (χ1n) is 2.96. The molecule has 0 aromatic rings. The second kappa shape index (κ2) is 2.67. The molecule has 0 amide bonds. The van der Waals surface area contributed by atoms with Crippen LogP contribution in [-0.4, -0.2) is 5.71 Å². The molecule has 0 aliphatic carbocycles. The van der Waals surface area contributed by atoms with E-state index in [-0.39, 0.29) is 5.41 Å². The second-order valence-corrected chi connectivity index (χ2v) is 3.02. The van der Waals surface area contributed by atoms with Crippen LogP contribution in [0.2, 0.25) is 0 Å². The van der Waals surface area contributed by atoms with Gasteiger partial charge in [0.25, 0.3) is 0 Å². The third-order valence-electron chi connectivity index (χ3n) is 1.07. The molecule has 0 heterocycles. The molecule has 0 fully saturated rings. The first kappa shape index (κ1) is 8.21. The summed E-state index contributed by atoms with van der Waals surface area (Å²) < 4.78 is 0. The molecule has 0 saturated carbocycles. The molecule has 0 bridgehead atoms. The summed E-state index contributed by atoms with van der Waals surface area (Å²) in [5.74, 6) is 0. The van der Waals surface area contributed by atoms with E-state index in [0.29, 0.717) is 5.71 Å². The van der Waals surface area contributed by atoms with E-state index in [4.69, 9.17) is 11.1 Å². The smallest absolute Gasteiger partial charge is 0.0381 e. The van der Waals surface area contributed by atoms with Crippen molar-refractivity contribution in [3.8, 4) is 0 Å². The average molecular weight is 126 g/mol. The maximum atomic E-state index is 7.37. The molecule has 3 N–H and O–H groups in total. The van der Waals surface area contributed by atoms with Gasteiger partial charge in [-0.1, -0.05) is 20.8 Å². The predicted molar refractivity (Wildman–Crippen MR) is 40.5 cm³/mol. The Hall–Kier alpha value is -0.790. The minimum Gasteiger partial charge on any atom is -0.405 e. The number of nitrogens with one attached hydrogen (secondary N) is 1. The molecule has 0 atom stereocenters. The van der Waals surface area contributed by atoms with Gasteiger partial charge in [0.15, 0.2) is 0 Å². The van der Waals surface area contributed by atoms with E-state index in [2.05, 4.69) is 0 Å². The second-order valence-electron chi connectivity index (χ2n) is 3.02. The van der Waals surface area contributed by atoms with Gasteiger partial charge < -0.3 is 11.1 Å². The van der Waals surface area contributed by atoms with Gasteiger partial charge in [-0.2, -0.15) is 0 Å². The van der Waals surface area contributed by atoms with Crippen molar-refractivity contribution in [1.82, 2.24) is 0 Å². The van der Waals surface area contributed by atoms with Crippen molar-refractivity contribution in [2.45, 2.75) is 20.8 Å². The number of hydrogen-bond donors (Lipinski definition) is 2. The highest BCUT2D eigenvalue weighted by atomic mass is 14.5. The van der Waals surface area contributed by atoms with Crippen molar-refractivity contribution in [3.63, 3.8) is 0 Å². The normalized spacial score (nSPS) is 12.3.